The number of unbranched alkanes of at least 4 members (excludes halogenated alkanes) is 2. The molecule has 0 amide bonds. The number of alkyl halides is 2. The molecule has 2 aliphatic rings. The Bertz CT molecular complexity index is 578. The summed E-state index contributed by atoms with van der Waals surface area (Å²) in [5.74, 6) is 4.05. The third kappa shape index (κ3) is 7.38. The fourth-order valence-electron chi connectivity index (χ4n) is 5.56. The summed E-state index contributed by atoms with van der Waals surface area (Å²) >= 11 is 0. The lowest BCUT2D eigenvalue weighted by atomic mass is 9.69. The van der Waals surface area contributed by atoms with Gasteiger partial charge in [0, 0.05) is 0 Å². The molecule has 1 nitrogen and oxygen atoms in total. The van der Waals surface area contributed by atoms with Gasteiger partial charge < -0.3 is 4.74 Å². The number of halogens is 2. The van der Waals surface area contributed by atoms with Crippen LogP contribution < -0.4 is 9.92 Å². The van der Waals surface area contributed by atoms with E-state index in [2.05, 4.69) is 6.92 Å². The molecule has 0 heterocycles. The van der Waals surface area contributed by atoms with Crippen LogP contribution in [0.4, 0.5) is 8.78 Å². The SMILES string of the molecule is CCCCCC1CCC(C2CCC(C[Si]c3ccccc3OC(F)F)CC2)CC1. The maximum Gasteiger partial charge on any atom is 0.387 e. The van der Waals surface area contributed by atoms with E-state index in [0.29, 0.717) is 15.3 Å². The van der Waals surface area contributed by atoms with Crippen LogP contribution in [0.5, 0.6) is 5.75 Å². The van der Waals surface area contributed by atoms with Gasteiger partial charge in [-0.15, -0.1) is 0 Å². The van der Waals surface area contributed by atoms with Crippen LogP contribution >= 0.6 is 0 Å². The molecule has 29 heavy (non-hydrogen) atoms. The summed E-state index contributed by atoms with van der Waals surface area (Å²) in [6, 6.07) is 8.44. The van der Waals surface area contributed by atoms with Crippen molar-refractivity contribution in [2.45, 2.75) is 96.6 Å². The molecular weight excluding hydrogens is 382 g/mol. The van der Waals surface area contributed by atoms with E-state index in [0.717, 1.165) is 34.9 Å². The Kier molecular flexibility index (Phi) is 9.48. The van der Waals surface area contributed by atoms with Gasteiger partial charge >= 0.3 is 6.61 Å². The zero-order valence-corrected chi connectivity index (χ0v) is 19.1. The second-order valence-corrected chi connectivity index (χ2v) is 10.6. The van der Waals surface area contributed by atoms with Crippen molar-refractivity contribution < 1.29 is 13.5 Å². The molecule has 0 aliphatic heterocycles. The third-order valence-electron chi connectivity index (χ3n) is 7.35. The Morgan fingerprint density at radius 3 is 2.14 bits per heavy atom. The lowest BCUT2D eigenvalue weighted by Crippen LogP contribution is -2.27. The van der Waals surface area contributed by atoms with Crippen LogP contribution in [-0.4, -0.2) is 16.1 Å². The Labute approximate surface area is 178 Å². The minimum Gasteiger partial charge on any atom is -0.435 e. The Hall–Kier alpha value is -0.903. The first-order valence-corrected chi connectivity index (χ1v) is 13.1. The highest BCUT2D eigenvalue weighted by Crippen LogP contribution is 2.42. The monoisotopic (exact) mass is 420 g/mol. The van der Waals surface area contributed by atoms with Gasteiger partial charge in [-0.1, -0.05) is 82.5 Å². The normalized spacial score (nSPS) is 27.9. The van der Waals surface area contributed by atoms with Crippen LogP contribution in [0.3, 0.4) is 0 Å². The predicted molar refractivity (Wildman–Crippen MR) is 118 cm³/mol. The number of rotatable bonds is 10. The fraction of sp³-hybridized carbons (Fsp3) is 0.760. The number of benzene rings is 1. The molecule has 1 aromatic rings. The van der Waals surface area contributed by atoms with Crippen LogP contribution in [0.15, 0.2) is 24.3 Å². The second-order valence-electron chi connectivity index (χ2n) is 9.31. The first kappa shape index (κ1) is 22.8. The fourth-order valence-corrected chi connectivity index (χ4v) is 7.01. The van der Waals surface area contributed by atoms with Gasteiger partial charge in [-0.25, -0.2) is 0 Å². The minimum atomic E-state index is -2.74. The molecule has 0 aromatic heterocycles. The van der Waals surface area contributed by atoms with Crippen molar-refractivity contribution >= 4 is 14.7 Å². The molecule has 0 unspecified atom stereocenters. The summed E-state index contributed by atoms with van der Waals surface area (Å²) < 4.78 is 29.9. The number of para-hydroxylation sites is 1. The van der Waals surface area contributed by atoms with E-state index < -0.39 is 6.61 Å². The van der Waals surface area contributed by atoms with Crippen LogP contribution in [0.2, 0.25) is 6.04 Å². The van der Waals surface area contributed by atoms with Crippen molar-refractivity contribution in [1.29, 1.82) is 0 Å². The van der Waals surface area contributed by atoms with Crippen LogP contribution in [0, 0.1) is 23.7 Å². The quantitative estimate of drug-likeness (QED) is 0.286. The van der Waals surface area contributed by atoms with E-state index in [-0.39, 0.29) is 0 Å². The molecule has 162 valence electrons. The van der Waals surface area contributed by atoms with Crippen molar-refractivity contribution in [2.24, 2.45) is 23.7 Å². The minimum absolute atomic E-state index is 0.366. The molecule has 2 saturated carbocycles. The molecule has 0 bridgehead atoms. The lowest BCUT2D eigenvalue weighted by molar-refractivity contribution is -0.0491. The Morgan fingerprint density at radius 2 is 1.52 bits per heavy atom. The molecular formula is C25H38F2OSi. The van der Waals surface area contributed by atoms with Gasteiger partial charge in [0.1, 0.15) is 5.75 Å². The maximum atomic E-state index is 12.6. The van der Waals surface area contributed by atoms with Crippen molar-refractivity contribution in [3.05, 3.63) is 24.3 Å². The predicted octanol–water partition coefficient (Wildman–Crippen LogP) is 7.23. The smallest absolute Gasteiger partial charge is 0.387 e. The van der Waals surface area contributed by atoms with Gasteiger partial charge in [0.05, 0.1) is 9.52 Å². The topological polar surface area (TPSA) is 9.23 Å². The summed E-state index contributed by atoms with van der Waals surface area (Å²) in [6.45, 7) is -0.443. The van der Waals surface area contributed by atoms with Gasteiger partial charge in [-0.3, -0.25) is 0 Å². The highest BCUT2D eigenvalue weighted by Gasteiger charge is 2.30. The first-order valence-electron chi connectivity index (χ1n) is 11.9. The van der Waals surface area contributed by atoms with E-state index in [1.807, 2.05) is 12.1 Å². The average molecular weight is 421 g/mol. The zero-order chi connectivity index (χ0) is 20.5. The summed E-state index contributed by atoms with van der Waals surface area (Å²) in [4.78, 5) is 0. The van der Waals surface area contributed by atoms with Gasteiger partial charge in [0.2, 0.25) is 0 Å². The standard InChI is InChI=1S/C25H38F2OSi/c1-2-3-4-7-19-10-14-21(15-11-19)22-16-12-20(13-17-22)18-29-24-9-6-5-8-23(24)28-25(26)27/h5-6,8-9,19-22,25H,2-4,7,10-18H2,1H3. The molecule has 1 aromatic carbocycles. The molecule has 0 atom stereocenters. The average Bonchev–Trinajstić information content (AvgIpc) is 2.74. The molecule has 3 rings (SSSR count). The summed E-state index contributed by atoms with van der Waals surface area (Å²) in [5, 5.41) is 0.955. The summed E-state index contributed by atoms with van der Waals surface area (Å²) in [7, 11) is 0.570. The van der Waals surface area contributed by atoms with Gasteiger partial charge in [-0.05, 0) is 60.6 Å². The van der Waals surface area contributed by atoms with Crippen molar-refractivity contribution in [2.75, 3.05) is 0 Å². The summed E-state index contributed by atoms with van der Waals surface area (Å²) in [6.07, 6.45) is 16.9. The van der Waals surface area contributed by atoms with Gasteiger partial charge in [0.15, 0.2) is 0 Å². The van der Waals surface area contributed by atoms with Gasteiger partial charge in [-0.2, -0.15) is 8.78 Å². The lowest BCUT2D eigenvalue weighted by Gasteiger charge is -2.38. The highest BCUT2D eigenvalue weighted by atomic mass is 28.2. The van der Waals surface area contributed by atoms with E-state index in [9.17, 15) is 8.78 Å². The molecule has 2 fully saturated rings. The van der Waals surface area contributed by atoms with E-state index in [1.54, 1.807) is 12.1 Å². The molecule has 2 aliphatic carbocycles. The van der Waals surface area contributed by atoms with Crippen molar-refractivity contribution in [3.8, 4) is 5.75 Å². The maximum absolute atomic E-state index is 12.6. The van der Waals surface area contributed by atoms with E-state index in [4.69, 9.17) is 4.74 Å². The largest absolute Gasteiger partial charge is 0.435 e. The van der Waals surface area contributed by atoms with Crippen LogP contribution in [0.25, 0.3) is 0 Å². The summed E-state index contributed by atoms with van der Waals surface area (Å²) in [5.41, 5.74) is 0. The number of hydrogen-bond acceptors (Lipinski definition) is 1. The molecule has 4 heteroatoms. The first-order chi connectivity index (χ1) is 14.2. The third-order valence-corrected chi connectivity index (χ3v) is 8.93. The number of hydrogen-bond donors (Lipinski definition) is 0. The Balaban J connectivity index is 1.36. The van der Waals surface area contributed by atoms with Crippen molar-refractivity contribution in [1.82, 2.24) is 0 Å². The molecule has 0 saturated heterocycles. The number of ether oxygens (including phenoxy) is 1. The molecule has 2 radical (unpaired) electrons. The zero-order valence-electron chi connectivity index (χ0n) is 18.1. The van der Waals surface area contributed by atoms with Crippen molar-refractivity contribution in [3.63, 3.8) is 0 Å². The van der Waals surface area contributed by atoms with Gasteiger partial charge in [0.25, 0.3) is 0 Å². The second kappa shape index (κ2) is 12.1. The Morgan fingerprint density at radius 1 is 0.897 bits per heavy atom. The van der Waals surface area contributed by atoms with E-state index in [1.165, 1.54) is 77.0 Å². The van der Waals surface area contributed by atoms with Crippen LogP contribution in [-0.2, 0) is 0 Å². The van der Waals surface area contributed by atoms with E-state index >= 15 is 0 Å². The molecule has 0 spiro atoms. The highest BCUT2D eigenvalue weighted by molar-refractivity contribution is 6.54. The van der Waals surface area contributed by atoms with Crippen LogP contribution in [0.1, 0.15) is 84.0 Å². The molecule has 0 N–H and O–H groups in total.